The lowest BCUT2D eigenvalue weighted by Crippen LogP contribution is -2.08. The smallest absolute Gasteiger partial charge is 0.373 e. The number of rotatable bonds is 19. The number of ether oxygens (including phenoxy) is 1. The van der Waals surface area contributed by atoms with Crippen molar-refractivity contribution >= 4 is 11.5 Å². The van der Waals surface area contributed by atoms with E-state index in [4.69, 9.17) is 4.74 Å². The van der Waals surface area contributed by atoms with E-state index >= 15 is 0 Å². The molecular weight excluding hydrogens is 418 g/mol. The number of nitrogens with zero attached hydrogens (tertiary/aromatic N) is 4. The normalized spacial score (nSPS) is 10.8. The number of pyridine rings is 1. The summed E-state index contributed by atoms with van der Waals surface area (Å²) in [6.07, 6.45) is 22.5. The van der Waals surface area contributed by atoms with E-state index in [1.165, 1.54) is 89.6 Å². The van der Waals surface area contributed by atoms with E-state index < -0.39 is 4.92 Å². The zero-order valence-corrected chi connectivity index (χ0v) is 20.0. The van der Waals surface area contributed by atoms with Crippen LogP contribution in [0.1, 0.15) is 96.8 Å². The maximum atomic E-state index is 11.6. The summed E-state index contributed by atoms with van der Waals surface area (Å²) in [7, 11) is 0. The summed E-state index contributed by atoms with van der Waals surface area (Å²) in [5, 5.41) is 14.7. The summed E-state index contributed by atoms with van der Waals surface area (Å²) in [6, 6.07) is 3.36. The maximum Gasteiger partial charge on any atom is 0.373 e. The molecule has 8 nitrogen and oxygen atoms in total. The van der Waals surface area contributed by atoms with Crippen LogP contribution in [0.2, 0.25) is 0 Å². The monoisotopic (exact) mass is 457 g/mol. The van der Waals surface area contributed by atoms with Gasteiger partial charge in [-0.1, -0.05) is 90.4 Å². The van der Waals surface area contributed by atoms with Crippen molar-refractivity contribution in [3.05, 3.63) is 41.0 Å². The molecule has 182 valence electrons. The summed E-state index contributed by atoms with van der Waals surface area (Å²) >= 11 is 0. The first-order chi connectivity index (χ1) is 16.2. The molecule has 33 heavy (non-hydrogen) atoms. The molecule has 0 bridgehead atoms. The SMILES string of the molecule is CCCCCCCCCCCCCCCCNc1ncnc(Oc2cccnc2)c1[N+](=O)[O-]. The molecule has 0 saturated carbocycles. The zero-order chi connectivity index (χ0) is 23.6. The molecule has 0 atom stereocenters. The minimum Gasteiger partial charge on any atom is -0.432 e. The largest absolute Gasteiger partial charge is 0.432 e. The first kappa shape index (κ1) is 26.5. The Morgan fingerprint density at radius 3 is 2.06 bits per heavy atom. The highest BCUT2D eigenvalue weighted by Gasteiger charge is 2.24. The summed E-state index contributed by atoms with van der Waals surface area (Å²) in [5.41, 5.74) is -0.258. The van der Waals surface area contributed by atoms with Gasteiger partial charge in [0.1, 0.15) is 12.1 Å². The molecule has 0 unspecified atom stereocenters. The third-order valence-electron chi connectivity index (χ3n) is 5.64. The fourth-order valence-electron chi connectivity index (χ4n) is 3.78. The Hall–Kier alpha value is -2.77. The highest BCUT2D eigenvalue weighted by Crippen LogP contribution is 2.33. The van der Waals surface area contributed by atoms with Crippen LogP contribution in [0.3, 0.4) is 0 Å². The van der Waals surface area contributed by atoms with Crippen molar-refractivity contribution in [3.63, 3.8) is 0 Å². The van der Waals surface area contributed by atoms with Crippen molar-refractivity contribution in [1.29, 1.82) is 0 Å². The number of nitro groups is 1. The Morgan fingerprint density at radius 1 is 0.909 bits per heavy atom. The molecule has 0 fully saturated rings. The van der Waals surface area contributed by atoms with Gasteiger partial charge in [-0.15, -0.1) is 0 Å². The van der Waals surface area contributed by atoms with Crippen LogP contribution in [-0.4, -0.2) is 26.4 Å². The lowest BCUT2D eigenvalue weighted by Gasteiger charge is -2.09. The van der Waals surface area contributed by atoms with E-state index in [2.05, 4.69) is 27.2 Å². The van der Waals surface area contributed by atoms with Crippen LogP contribution < -0.4 is 10.1 Å². The average molecular weight is 458 g/mol. The number of hydrogen-bond donors (Lipinski definition) is 1. The van der Waals surface area contributed by atoms with Crippen molar-refractivity contribution < 1.29 is 9.66 Å². The fourth-order valence-corrected chi connectivity index (χ4v) is 3.78. The van der Waals surface area contributed by atoms with Crippen LogP contribution in [0.4, 0.5) is 11.5 Å². The van der Waals surface area contributed by atoms with E-state index in [1.807, 2.05) is 0 Å². The Labute approximate surface area is 197 Å². The van der Waals surface area contributed by atoms with Crippen LogP contribution in [0, 0.1) is 10.1 Å². The molecule has 0 aromatic carbocycles. The van der Waals surface area contributed by atoms with Crippen molar-refractivity contribution in [2.75, 3.05) is 11.9 Å². The van der Waals surface area contributed by atoms with Crippen LogP contribution in [0.5, 0.6) is 11.6 Å². The minimum absolute atomic E-state index is 0.0912. The summed E-state index contributed by atoms with van der Waals surface area (Å²) in [4.78, 5) is 23.0. The Kier molecular flexibility index (Phi) is 13.5. The lowest BCUT2D eigenvalue weighted by molar-refractivity contribution is -0.385. The van der Waals surface area contributed by atoms with Crippen molar-refractivity contribution in [3.8, 4) is 11.6 Å². The second-order valence-corrected chi connectivity index (χ2v) is 8.45. The van der Waals surface area contributed by atoms with E-state index in [9.17, 15) is 10.1 Å². The molecule has 0 aliphatic carbocycles. The van der Waals surface area contributed by atoms with Crippen molar-refractivity contribution in [1.82, 2.24) is 15.0 Å². The number of aromatic nitrogens is 3. The molecule has 0 aliphatic heterocycles. The Morgan fingerprint density at radius 2 is 1.52 bits per heavy atom. The second-order valence-electron chi connectivity index (χ2n) is 8.45. The van der Waals surface area contributed by atoms with Gasteiger partial charge >= 0.3 is 11.6 Å². The van der Waals surface area contributed by atoms with Crippen LogP contribution in [0.25, 0.3) is 0 Å². The molecule has 0 saturated heterocycles. The second kappa shape index (κ2) is 16.8. The third kappa shape index (κ3) is 11.1. The highest BCUT2D eigenvalue weighted by atomic mass is 16.6. The molecule has 0 aliphatic rings. The van der Waals surface area contributed by atoms with Gasteiger partial charge in [-0.05, 0) is 18.6 Å². The van der Waals surface area contributed by atoms with Gasteiger partial charge in [0.2, 0.25) is 5.82 Å². The molecule has 0 amide bonds. The van der Waals surface area contributed by atoms with Crippen LogP contribution >= 0.6 is 0 Å². The molecule has 1 N–H and O–H groups in total. The molecule has 2 heterocycles. The average Bonchev–Trinajstić information content (AvgIpc) is 2.82. The molecule has 2 aromatic rings. The molecule has 0 radical (unpaired) electrons. The minimum atomic E-state index is -0.515. The maximum absolute atomic E-state index is 11.6. The lowest BCUT2D eigenvalue weighted by atomic mass is 10.0. The molecule has 8 heteroatoms. The van der Waals surface area contributed by atoms with Gasteiger partial charge in [-0.3, -0.25) is 15.1 Å². The van der Waals surface area contributed by atoms with Gasteiger partial charge in [-0.25, -0.2) is 4.98 Å². The van der Waals surface area contributed by atoms with E-state index in [1.54, 1.807) is 18.3 Å². The molecule has 2 rings (SSSR count). The number of unbranched alkanes of at least 4 members (excludes halogenated alkanes) is 13. The van der Waals surface area contributed by atoms with Gasteiger partial charge in [0.05, 0.1) is 11.1 Å². The Bertz CT molecular complexity index is 789. The summed E-state index contributed by atoms with van der Waals surface area (Å²) < 4.78 is 5.54. The third-order valence-corrected chi connectivity index (χ3v) is 5.64. The number of nitrogens with one attached hydrogen (secondary N) is 1. The van der Waals surface area contributed by atoms with Crippen molar-refractivity contribution in [2.45, 2.75) is 96.8 Å². The van der Waals surface area contributed by atoms with E-state index in [-0.39, 0.29) is 17.4 Å². The topological polar surface area (TPSA) is 103 Å². The highest BCUT2D eigenvalue weighted by molar-refractivity contribution is 5.61. The van der Waals surface area contributed by atoms with Gasteiger partial charge in [0.15, 0.2) is 0 Å². The van der Waals surface area contributed by atoms with Gasteiger partial charge in [0, 0.05) is 12.7 Å². The summed E-state index contributed by atoms with van der Waals surface area (Å²) in [6.45, 7) is 2.89. The Balaban J connectivity index is 1.58. The van der Waals surface area contributed by atoms with E-state index in [0.29, 0.717) is 12.3 Å². The predicted molar refractivity (Wildman–Crippen MR) is 132 cm³/mol. The fraction of sp³-hybridized carbons (Fsp3) is 0.640. The first-order valence-electron chi connectivity index (χ1n) is 12.5. The van der Waals surface area contributed by atoms with E-state index in [0.717, 1.165) is 12.8 Å². The molecular formula is C25H39N5O3. The number of hydrogen-bond acceptors (Lipinski definition) is 7. The quantitative estimate of drug-likeness (QED) is 0.133. The summed E-state index contributed by atoms with van der Waals surface area (Å²) in [5.74, 6) is 0.479. The van der Waals surface area contributed by atoms with Gasteiger partial charge in [0.25, 0.3) is 0 Å². The standard InChI is InChI=1S/C25H39N5O3/c1-2-3-4-5-6-7-8-9-10-11-12-13-14-15-19-27-24-23(30(31)32)25(29-21-28-24)33-22-17-16-18-26-20-22/h16-18,20-21H,2-15,19H2,1H3,(H,27,28,29). The van der Waals surface area contributed by atoms with Crippen molar-refractivity contribution in [2.24, 2.45) is 0 Å². The van der Waals surface area contributed by atoms with Crippen LogP contribution in [0.15, 0.2) is 30.9 Å². The molecule has 2 aromatic heterocycles. The molecule has 0 spiro atoms. The number of anilines is 1. The predicted octanol–water partition coefficient (Wildman–Crippen LogP) is 7.47. The first-order valence-corrected chi connectivity index (χ1v) is 12.5. The zero-order valence-electron chi connectivity index (χ0n) is 20.0. The van der Waals surface area contributed by atoms with Gasteiger partial charge < -0.3 is 10.1 Å². The van der Waals surface area contributed by atoms with Crippen LogP contribution in [-0.2, 0) is 0 Å². The van der Waals surface area contributed by atoms with Gasteiger partial charge in [-0.2, -0.15) is 4.98 Å².